The Kier molecular flexibility index (Phi) is 8.30. The number of phenolic OH excluding ortho intramolecular Hbond substituents is 1. The molecule has 35 heavy (non-hydrogen) atoms. The Morgan fingerprint density at radius 3 is 2.31 bits per heavy atom. The van der Waals surface area contributed by atoms with Gasteiger partial charge in [0.25, 0.3) is 5.91 Å². The first-order valence-electron chi connectivity index (χ1n) is 10.9. The van der Waals surface area contributed by atoms with Gasteiger partial charge < -0.3 is 19.3 Å². The monoisotopic (exact) mass is 473 g/mol. The number of hydrogen-bond donors (Lipinski definition) is 2. The Hall–Kier alpha value is -4.51. The number of hydrogen-bond acceptors (Lipinski definition) is 7. The molecule has 0 saturated carbocycles. The number of hydrazone groups is 1. The van der Waals surface area contributed by atoms with Crippen molar-refractivity contribution in [3.8, 4) is 29.1 Å². The van der Waals surface area contributed by atoms with Gasteiger partial charge in [0.1, 0.15) is 18.4 Å². The molecule has 0 unspecified atom stereocenters. The fourth-order valence-electron chi connectivity index (χ4n) is 3.27. The third kappa shape index (κ3) is 6.30. The molecule has 0 spiro atoms. The van der Waals surface area contributed by atoms with Gasteiger partial charge in [-0.3, -0.25) is 4.79 Å². The summed E-state index contributed by atoms with van der Waals surface area (Å²) >= 11 is 0. The van der Waals surface area contributed by atoms with Gasteiger partial charge in [-0.25, -0.2) is 5.43 Å². The van der Waals surface area contributed by atoms with Crippen LogP contribution in [0.5, 0.6) is 23.0 Å². The molecule has 2 N–H and O–H groups in total. The first-order chi connectivity index (χ1) is 16.9. The minimum Gasteiger partial charge on any atom is -0.507 e. The normalized spacial score (nSPS) is 10.7. The van der Waals surface area contributed by atoms with Gasteiger partial charge in [-0.05, 0) is 47.4 Å². The topological polar surface area (TPSA) is 113 Å². The third-order valence-corrected chi connectivity index (χ3v) is 5.27. The quantitative estimate of drug-likeness (QED) is 0.343. The SMILES string of the molecule is COc1cc(/C=N/NC(=O)c2ccc(O)c(C#N)c2)cc(OC)c1OCc1ccc(C(C)C)cc1. The number of aromatic hydroxyl groups is 1. The molecule has 3 aromatic carbocycles. The standard InChI is InChI=1S/C27H27N3O5/c1-17(2)20-7-5-18(6-8-20)16-35-26-24(33-3)11-19(12-25(26)34-4)15-29-30-27(32)21-9-10-23(31)22(13-21)14-28/h5-13,15,17,31H,16H2,1-4H3,(H,30,32)/b29-15+. The average molecular weight is 474 g/mol. The second-order valence-electron chi connectivity index (χ2n) is 7.98. The number of carbonyl (C=O) groups is 1. The first-order valence-corrected chi connectivity index (χ1v) is 10.9. The van der Waals surface area contributed by atoms with E-state index in [2.05, 4.69) is 36.5 Å². The van der Waals surface area contributed by atoms with Crippen molar-refractivity contribution < 1.29 is 24.1 Å². The molecule has 8 heteroatoms. The fraction of sp³-hybridized carbons (Fsp3) is 0.222. The van der Waals surface area contributed by atoms with Crippen LogP contribution in [0.15, 0.2) is 59.7 Å². The third-order valence-electron chi connectivity index (χ3n) is 5.27. The van der Waals surface area contributed by atoms with E-state index in [4.69, 9.17) is 19.5 Å². The van der Waals surface area contributed by atoms with Gasteiger partial charge in [-0.2, -0.15) is 10.4 Å². The van der Waals surface area contributed by atoms with E-state index in [1.807, 2.05) is 18.2 Å². The molecule has 0 bridgehead atoms. The number of benzene rings is 3. The Morgan fingerprint density at radius 1 is 1.09 bits per heavy atom. The van der Waals surface area contributed by atoms with Crippen LogP contribution in [0.3, 0.4) is 0 Å². The number of ether oxygens (including phenoxy) is 3. The van der Waals surface area contributed by atoms with Crippen LogP contribution in [0.1, 0.15) is 52.4 Å². The molecule has 0 radical (unpaired) electrons. The molecular formula is C27H27N3O5. The number of nitriles is 1. The van der Waals surface area contributed by atoms with Crippen molar-refractivity contribution >= 4 is 12.1 Å². The average Bonchev–Trinajstić information content (AvgIpc) is 2.87. The number of amides is 1. The molecule has 3 aromatic rings. The highest BCUT2D eigenvalue weighted by Gasteiger charge is 2.15. The van der Waals surface area contributed by atoms with Crippen molar-refractivity contribution in [2.75, 3.05) is 14.2 Å². The maximum Gasteiger partial charge on any atom is 0.271 e. The maximum absolute atomic E-state index is 12.3. The molecular weight excluding hydrogens is 446 g/mol. The number of carbonyl (C=O) groups excluding carboxylic acids is 1. The summed E-state index contributed by atoms with van der Waals surface area (Å²) in [6.45, 7) is 4.64. The van der Waals surface area contributed by atoms with Gasteiger partial charge >= 0.3 is 0 Å². The van der Waals surface area contributed by atoms with Crippen LogP contribution >= 0.6 is 0 Å². The van der Waals surface area contributed by atoms with Crippen molar-refractivity contribution in [1.29, 1.82) is 5.26 Å². The summed E-state index contributed by atoms with van der Waals surface area (Å²) in [5.41, 5.74) is 5.47. The van der Waals surface area contributed by atoms with Crippen LogP contribution < -0.4 is 19.6 Å². The molecule has 8 nitrogen and oxygen atoms in total. The van der Waals surface area contributed by atoms with E-state index in [1.54, 1.807) is 12.1 Å². The van der Waals surface area contributed by atoms with E-state index in [0.29, 0.717) is 35.3 Å². The zero-order valence-corrected chi connectivity index (χ0v) is 20.0. The van der Waals surface area contributed by atoms with Gasteiger partial charge in [-0.15, -0.1) is 0 Å². The smallest absolute Gasteiger partial charge is 0.271 e. The minimum atomic E-state index is -0.528. The van der Waals surface area contributed by atoms with Gasteiger partial charge in [0.2, 0.25) is 5.75 Å². The fourth-order valence-corrected chi connectivity index (χ4v) is 3.27. The van der Waals surface area contributed by atoms with Crippen molar-refractivity contribution in [1.82, 2.24) is 5.43 Å². The number of rotatable bonds is 9. The number of phenols is 1. The predicted octanol–water partition coefficient (Wildman–Crippen LogP) is 4.75. The molecule has 0 aliphatic rings. The summed E-state index contributed by atoms with van der Waals surface area (Å²) in [6.07, 6.45) is 1.43. The van der Waals surface area contributed by atoms with Crippen molar-refractivity contribution in [3.63, 3.8) is 0 Å². The van der Waals surface area contributed by atoms with E-state index >= 15 is 0 Å². The Bertz CT molecular complexity index is 1240. The van der Waals surface area contributed by atoms with Crippen LogP contribution in [-0.2, 0) is 6.61 Å². The van der Waals surface area contributed by atoms with Crippen LogP contribution in [0.2, 0.25) is 0 Å². The molecule has 0 atom stereocenters. The molecule has 0 aromatic heterocycles. The van der Waals surface area contributed by atoms with E-state index < -0.39 is 5.91 Å². The molecule has 180 valence electrons. The lowest BCUT2D eigenvalue weighted by Crippen LogP contribution is -2.17. The molecule has 1 amide bonds. The highest BCUT2D eigenvalue weighted by atomic mass is 16.5. The summed E-state index contributed by atoms with van der Waals surface area (Å²) in [7, 11) is 3.05. The van der Waals surface area contributed by atoms with E-state index in [0.717, 1.165) is 5.56 Å². The summed E-state index contributed by atoms with van der Waals surface area (Å²) in [6, 6.07) is 17.5. The van der Waals surface area contributed by atoms with Crippen molar-refractivity contribution in [2.45, 2.75) is 26.4 Å². The summed E-state index contributed by atoms with van der Waals surface area (Å²) in [4.78, 5) is 12.3. The van der Waals surface area contributed by atoms with E-state index in [9.17, 15) is 9.90 Å². The summed E-state index contributed by atoms with van der Waals surface area (Å²) in [5.74, 6) is 1.10. The second-order valence-corrected chi connectivity index (χ2v) is 7.98. The highest BCUT2D eigenvalue weighted by molar-refractivity contribution is 5.95. The highest BCUT2D eigenvalue weighted by Crippen LogP contribution is 2.38. The van der Waals surface area contributed by atoms with Crippen LogP contribution in [-0.4, -0.2) is 31.4 Å². The van der Waals surface area contributed by atoms with Crippen LogP contribution in [0.4, 0.5) is 0 Å². The Balaban J connectivity index is 1.72. The Morgan fingerprint density at radius 2 is 1.74 bits per heavy atom. The largest absolute Gasteiger partial charge is 0.507 e. The molecule has 0 saturated heterocycles. The number of nitrogens with one attached hydrogen (secondary N) is 1. The summed E-state index contributed by atoms with van der Waals surface area (Å²) in [5, 5.41) is 22.5. The van der Waals surface area contributed by atoms with Gasteiger partial charge in [-0.1, -0.05) is 38.1 Å². The molecule has 0 aliphatic carbocycles. The molecule has 0 fully saturated rings. The van der Waals surface area contributed by atoms with Gasteiger partial charge in [0.05, 0.1) is 26.0 Å². The van der Waals surface area contributed by atoms with E-state index in [1.165, 1.54) is 44.2 Å². The van der Waals surface area contributed by atoms with Gasteiger partial charge in [0, 0.05) is 11.1 Å². The van der Waals surface area contributed by atoms with Crippen molar-refractivity contribution in [3.05, 3.63) is 82.4 Å². The number of nitrogens with zero attached hydrogens (tertiary/aromatic N) is 2. The predicted molar refractivity (Wildman–Crippen MR) is 132 cm³/mol. The minimum absolute atomic E-state index is 0.00237. The van der Waals surface area contributed by atoms with Crippen LogP contribution in [0, 0.1) is 11.3 Å². The lowest BCUT2D eigenvalue weighted by molar-refractivity contribution is 0.0955. The second kappa shape index (κ2) is 11.6. The van der Waals surface area contributed by atoms with Crippen LogP contribution in [0.25, 0.3) is 0 Å². The molecule has 0 aliphatic heterocycles. The zero-order valence-electron chi connectivity index (χ0n) is 20.0. The lowest BCUT2D eigenvalue weighted by Gasteiger charge is -2.15. The van der Waals surface area contributed by atoms with Gasteiger partial charge in [0.15, 0.2) is 11.5 Å². The maximum atomic E-state index is 12.3. The lowest BCUT2D eigenvalue weighted by atomic mass is 10.0. The summed E-state index contributed by atoms with van der Waals surface area (Å²) < 4.78 is 17.0. The number of methoxy groups -OCH3 is 2. The molecule has 0 heterocycles. The molecule has 3 rings (SSSR count). The first kappa shape index (κ1) is 25.1. The Labute approximate surface area is 204 Å². The zero-order chi connectivity index (χ0) is 25.4. The van der Waals surface area contributed by atoms with E-state index in [-0.39, 0.29) is 16.9 Å². The van der Waals surface area contributed by atoms with Crippen molar-refractivity contribution in [2.24, 2.45) is 5.10 Å².